The van der Waals surface area contributed by atoms with Crippen molar-refractivity contribution in [2.75, 3.05) is 11.1 Å². The first-order chi connectivity index (χ1) is 7.95. The summed E-state index contributed by atoms with van der Waals surface area (Å²) in [4.78, 5) is 14.0. The number of pyridine rings is 1. The number of hydrogen-bond donors (Lipinski definition) is 2. The van der Waals surface area contributed by atoms with Crippen molar-refractivity contribution < 1.29 is 4.92 Å². The third-order valence-corrected chi connectivity index (χ3v) is 2.68. The molecule has 1 atom stereocenters. The van der Waals surface area contributed by atoms with Crippen LogP contribution in [0.1, 0.15) is 27.2 Å². The van der Waals surface area contributed by atoms with E-state index in [9.17, 15) is 10.1 Å². The van der Waals surface area contributed by atoms with E-state index < -0.39 is 4.92 Å². The highest BCUT2D eigenvalue weighted by Gasteiger charge is 2.15. The van der Waals surface area contributed by atoms with Crippen molar-refractivity contribution in [2.45, 2.75) is 33.2 Å². The SMILES string of the molecule is CCC(Nc1ccc([N+](=O)[O-])c(N)n1)C(C)C. The lowest BCUT2D eigenvalue weighted by Gasteiger charge is -2.21. The molecular weight excluding hydrogens is 220 g/mol. The molecule has 17 heavy (non-hydrogen) atoms. The van der Waals surface area contributed by atoms with E-state index in [4.69, 9.17) is 5.73 Å². The normalized spacial score (nSPS) is 12.5. The Hall–Kier alpha value is -1.85. The van der Waals surface area contributed by atoms with E-state index in [1.54, 1.807) is 6.07 Å². The molecular formula is C11H18N4O2. The Bertz CT molecular complexity index is 406. The monoisotopic (exact) mass is 238 g/mol. The van der Waals surface area contributed by atoms with Crippen LogP contribution in [0.3, 0.4) is 0 Å². The van der Waals surface area contributed by atoms with E-state index >= 15 is 0 Å². The van der Waals surface area contributed by atoms with Gasteiger partial charge >= 0.3 is 5.69 Å². The highest BCUT2D eigenvalue weighted by Crippen LogP contribution is 2.22. The molecule has 0 aliphatic rings. The minimum Gasteiger partial charge on any atom is -0.378 e. The van der Waals surface area contributed by atoms with E-state index in [0.29, 0.717) is 11.7 Å². The smallest absolute Gasteiger partial charge is 0.311 e. The maximum Gasteiger partial charge on any atom is 0.311 e. The Morgan fingerprint density at radius 2 is 2.18 bits per heavy atom. The van der Waals surface area contributed by atoms with Gasteiger partial charge in [-0.15, -0.1) is 0 Å². The second kappa shape index (κ2) is 5.47. The number of nitrogens with one attached hydrogen (secondary N) is 1. The molecule has 0 bridgehead atoms. The topological polar surface area (TPSA) is 94.1 Å². The number of nitrogens with zero attached hydrogens (tertiary/aromatic N) is 2. The van der Waals surface area contributed by atoms with E-state index in [-0.39, 0.29) is 17.5 Å². The lowest BCUT2D eigenvalue weighted by Crippen LogP contribution is -2.25. The Morgan fingerprint density at radius 1 is 1.53 bits per heavy atom. The van der Waals surface area contributed by atoms with Crippen LogP contribution in [0.2, 0.25) is 0 Å². The average molecular weight is 238 g/mol. The summed E-state index contributed by atoms with van der Waals surface area (Å²) in [6.45, 7) is 6.29. The highest BCUT2D eigenvalue weighted by atomic mass is 16.6. The second-order valence-corrected chi connectivity index (χ2v) is 4.26. The minimum atomic E-state index is -0.536. The molecule has 0 aromatic carbocycles. The van der Waals surface area contributed by atoms with Crippen LogP contribution in [0.5, 0.6) is 0 Å². The molecule has 0 spiro atoms. The fraction of sp³-hybridized carbons (Fsp3) is 0.545. The van der Waals surface area contributed by atoms with E-state index in [0.717, 1.165) is 6.42 Å². The number of hydrogen-bond acceptors (Lipinski definition) is 5. The van der Waals surface area contributed by atoms with Gasteiger partial charge in [-0.25, -0.2) is 4.98 Å². The Labute approximate surface area is 100 Å². The summed E-state index contributed by atoms with van der Waals surface area (Å²) in [6.07, 6.45) is 0.955. The van der Waals surface area contributed by atoms with Gasteiger partial charge in [-0.05, 0) is 18.4 Å². The molecule has 1 heterocycles. The Morgan fingerprint density at radius 3 is 2.59 bits per heavy atom. The Kier molecular flexibility index (Phi) is 4.25. The van der Waals surface area contributed by atoms with Crippen LogP contribution in [0.25, 0.3) is 0 Å². The van der Waals surface area contributed by atoms with Crippen molar-refractivity contribution in [3.63, 3.8) is 0 Å². The minimum absolute atomic E-state index is 0.0568. The molecule has 6 heteroatoms. The quantitative estimate of drug-likeness (QED) is 0.606. The largest absolute Gasteiger partial charge is 0.378 e. The van der Waals surface area contributed by atoms with Crippen LogP contribution in [0, 0.1) is 16.0 Å². The number of nitrogens with two attached hydrogens (primary N) is 1. The zero-order valence-corrected chi connectivity index (χ0v) is 10.3. The molecule has 1 aromatic rings. The van der Waals surface area contributed by atoms with E-state index in [2.05, 4.69) is 31.1 Å². The lowest BCUT2D eigenvalue weighted by molar-refractivity contribution is -0.384. The fourth-order valence-electron chi connectivity index (χ4n) is 1.63. The van der Waals surface area contributed by atoms with Crippen LogP contribution in [0.15, 0.2) is 12.1 Å². The summed E-state index contributed by atoms with van der Waals surface area (Å²) < 4.78 is 0. The molecule has 0 amide bonds. The van der Waals surface area contributed by atoms with Crippen LogP contribution in [-0.4, -0.2) is 15.9 Å². The molecule has 0 aliphatic carbocycles. The van der Waals surface area contributed by atoms with Crippen LogP contribution in [-0.2, 0) is 0 Å². The van der Waals surface area contributed by atoms with Gasteiger partial charge in [0.2, 0.25) is 5.82 Å². The third kappa shape index (κ3) is 3.30. The van der Waals surface area contributed by atoms with Gasteiger partial charge in [-0.1, -0.05) is 20.8 Å². The van der Waals surface area contributed by atoms with E-state index in [1.165, 1.54) is 6.07 Å². The predicted molar refractivity (Wildman–Crippen MR) is 67.8 cm³/mol. The summed E-state index contributed by atoms with van der Waals surface area (Å²) >= 11 is 0. The summed E-state index contributed by atoms with van der Waals surface area (Å²) in [5, 5.41) is 13.8. The molecule has 0 saturated heterocycles. The second-order valence-electron chi connectivity index (χ2n) is 4.26. The first kappa shape index (κ1) is 13.2. The molecule has 0 radical (unpaired) electrons. The molecule has 1 aromatic heterocycles. The van der Waals surface area contributed by atoms with Crippen LogP contribution >= 0.6 is 0 Å². The molecule has 94 valence electrons. The van der Waals surface area contributed by atoms with Crippen LogP contribution in [0.4, 0.5) is 17.3 Å². The zero-order chi connectivity index (χ0) is 13.0. The lowest BCUT2D eigenvalue weighted by atomic mass is 10.0. The molecule has 0 saturated carbocycles. The zero-order valence-electron chi connectivity index (χ0n) is 10.3. The fourth-order valence-corrected chi connectivity index (χ4v) is 1.63. The molecule has 6 nitrogen and oxygen atoms in total. The standard InChI is InChI=1S/C11H18N4O2/c1-4-8(7(2)3)13-10-6-5-9(15(16)17)11(12)14-10/h5-8H,4H2,1-3H3,(H3,12,13,14). The number of aromatic nitrogens is 1. The van der Waals surface area contributed by atoms with E-state index in [1.807, 2.05) is 0 Å². The summed E-state index contributed by atoms with van der Waals surface area (Å²) in [7, 11) is 0. The number of nitro groups is 1. The van der Waals surface area contributed by atoms with Crippen molar-refractivity contribution >= 4 is 17.3 Å². The van der Waals surface area contributed by atoms with Gasteiger partial charge in [0.25, 0.3) is 0 Å². The van der Waals surface area contributed by atoms with Gasteiger partial charge in [0.15, 0.2) is 0 Å². The van der Waals surface area contributed by atoms with Crippen molar-refractivity contribution in [2.24, 2.45) is 5.92 Å². The Balaban J connectivity index is 2.87. The number of nitrogen functional groups attached to an aromatic ring is 1. The maximum atomic E-state index is 10.6. The number of rotatable bonds is 5. The molecule has 3 N–H and O–H groups in total. The summed E-state index contributed by atoms with van der Waals surface area (Å²) in [5.74, 6) is 0.977. The number of anilines is 2. The van der Waals surface area contributed by atoms with Gasteiger partial charge in [-0.2, -0.15) is 0 Å². The average Bonchev–Trinajstić information content (AvgIpc) is 2.24. The molecule has 1 unspecified atom stereocenters. The van der Waals surface area contributed by atoms with Crippen LogP contribution < -0.4 is 11.1 Å². The molecule has 0 fully saturated rings. The molecule has 0 aliphatic heterocycles. The van der Waals surface area contributed by atoms with Crippen molar-refractivity contribution in [3.8, 4) is 0 Å². The van der Waals surface area contributed by atoms with Gasteiger partial charge in [0, 0.05) is 12.1 Å². The van der Waals surface area contributed by atoms with Crippen molar-refractivity contribution in [1.82, 2.24) is 4.98 Å². The summed E-state index contributed by atoms with van der Waals surface area (Å²) in [5.41, 5.74) is 5.36. The van der Waals surface area contributed by atoms with Gasteiger partial charge < -0.3 is 11.1 Å². The maximum absolute atomic E-state index is 10.6. The third-order valence-electron chi connectivity index (χ3n) is 2.68. The first-order valence-electron chi connectivity index (χ1n) is 5.63. The van der Waals surface area contributed by atoms with Crippen molar-refractivity contribution in [3.05, 3.63) is 22.2 Å². The molecule has 1 rings (SSSR count). The summed E-state index contributed by atoms with van der Waals surface area (Å²) in [6, 6.07) is 3.24. The van der Waals surface area contributed by atoms with Gasteiger partial charge in [0.05, 0.1) is 4.92 Å². The van der Waals surface area contributed by atoms with Crippen molar-refractivity contribution in [1.29, 1.82) is 0 Å². The highest BCUT2D eigenvalue weighted by molar-refractivity contribution is 5.57. The predicted octanol–water partition coefficient (Wildman–Crippen LogP) is 2.42. The van der Waals surface area contributed by atoms with Gasteiger partial charge in [0.1, 0.15) is 5.82 Å². The van der Waals surface area contributed by atoms with Gasteiger partial charge in [-0.3, -0.25) is 10.1 Å². The first-order valence-corrected chi connectivity index (χ1v) is 5.63.